The monoisotopic (exact) mass is 320 g/mol. The van der Waals surface area contributed by atoms with Crippen LogP contribution in [0.2, 0.25) is 10.3 Å². The lowest BCUT2D eigenvalue weighted by Crippen LogP contribution is -2.13. The van der Waals surface area contributed by atoms with Crippen LogP contribution in [0.25, 0.3) is 0 Å². The lowest BCUT2D eigenvalue weighted by molar-refractivity contribution is 0.102. The number of anilines is 1. The van der Waals surface area contributed by atoms with Gasteiger partial charge in [-0.1, -0.05) is 23.2 Å². The molecule has 0 spiro atoms. The number of hydrogen-bond acceptors (Lipinski definition) is 2. The number of nitrogens with zero attached hydrogens (tertiary/aromatic N) is 1. The molecule has 0 saturated heterocycles. The second-order valence-electron chi connectivity index (χ2n) is 3.71. The van der Waals surface area contributed by atoms with Gasteiger partial charge in [-0.3, -0.25) is 4.79 Å². The van der Waals surface area contributed by atoms with E-state index in [1.807, 2.05) is 0 Å². The number of nitrogens with one attached hydrogen (secondary N) is 1. The SMILES string of the molecule is O=C(Nc1cc(F)c(F)c(F)c1)c1cc(Cl)nc(Cl)c1. The van der Waals surface area contributed by atoms with Crippen LogP contribution >= 0.6 is 23.2 Å². The fourth-order valence-corrected chi connectivity index (χ4v) is 1.89. The van der Waals surface area contributed by atoms with Gasteiger partial charge in [0.25, 0.3) is 5.91 Å². The maximum Gasteiger partial charge on any atom is 0.255 e. The van der Waals surface area contributed by atoms with E-state index in [1.165, 1.54) is 12.1 Å². The zero-order valence-corrected chi connectivity index (χ0v) is 11.1. The predicted octanol–water partition coefficient (Wildman–Crippen LogP) is 4.06. The first-order valence-corrected chi connectivity index (χ1v) is 5.91. The molecule has 0 fully saturated rings. The summed E-state index contributed by atoms with van der Waals surface area (Å²) in [5.74, 6) is -5.16. The Hall–Kier alpha value is -1.79. The van der Waals surface area contributed by atoms with E-state index in [0.29, 0.717) is 12.1 Å². The third-order valence-corrected chi connectivity index (χ3v) is 2.65. The van der Waals surface area contributed by atoms with Gasteiger partial charge in [-0.05, 0) is 12.1 Å². The summed E-state index contributed by atoms with van der Waals surface area (Å²) in [5, 5.41) is 2.16. The van der Waals surface area contributed by atoms with E-state index in [9.17, 15) is 18.0 Å². The molecule has 104 valence electrons. The van der Waals surface area contributed by atoms with Crippen LogP contribution in [0.1, 0.15) is 10.4 Å². The van der Waals surface area contributed by atoms with Crippen LogP contribution in [0.5, 0.6) is 0 Å². The van der Waals surface area contributed by atoms with Crippen molar-refractivity contribution in [1.29, 1.82) is 0 Å². The first kappa shape index (κ1) is 14.6. The van der Waals surface area contributed by atoms with E-state index >= 15 is 0 Å². The minimum absolute atomic E-state index is 0.0147. The molecule has 2 aromatic rings. The molecule has 1 aromatic heterocycles. The number of aromatic nitrogens is 1. The molecule has 1 amide bonds. The molecule has 1 aromatic carbocycles. The van der Waals surface area contributed by atoms with E-state index in [4.69, 9.17) is 23.2 Å². The molecule has 0 aliphatic heterocycles. The molecule has 8 heteroatoms. The number of carbonyl (C=O) groups is 1. The normalized spacial score (nSPS) is 10.4. The van der Waals surface area contributed by atoms with Crippen molar-refractivity contribution >= 4 is 34.8 Å². The van der Waals surface area contributed by atoms with Gasteiger partial charge in [-0.15, -0.1) is 0 Å². The number of benzene rings is 1. The Labute approximate surface area is 121 Å². The van der Waals surface area contributed by atoms with Crippen molar-refractivity contribution in [3.63, 3.8) is 0 Å². The summed E-state index contributed by atoms with van der Waals surface area (Å²) in [7, 11) is 0. The average molecular weight is 321 g/mol. The molecule has 1 heterocycles. The average Bonchev–Trinajstić information content (AvgIpc) is 2.34. The molecule has 0 saturated carbocycles. The third kappa shape index (κ3) is 3.20. The van der Waals surface area contributed by atoms with Crippen molar-refractivity contribution in [3.8, 4) is 0 Å². The maximum atomic E-state index is 13.0. The highest BCUT2D eigenvalue weighted by Crippen LogP contribution is 2.19. The molecule has 0 unspecified atom stereocenters. The summed E-state index contributed by atoms with van der Waals surface area (Å²) >= 11 is 11.2. The van der Waals surface area contributed by atoms with Crippen molar-refractivity contribution in [3.05, 3.63) is 57.6 Å². The smallest absolute Gasteiger partial charge is 0.255 e. The fourth-order valence-electron chi connectivity index (χ4n) is 1.43. The van der Waals surface area contributed by atoms with E-state index in [0.717, 1.165) is 0 Å². The van der Waals surface area contributed by atoms with Gasteiger partial charge in [0.05, 0.1) is 0 Å². The first-order valence-electron chi connectivity index (χ1n) is 5.16. The van der Waals surface area contributed by atoms with Crippen molar-refractivity contribution < 1.29 is 18.0 Å². The van der Waals surface area contributed by atoms with Crippen LogP contribution in [0.3, 0.4) is 0 Å². The molecule has 3 nitrogen and oxygen atoms in total. The van der Waals surface area contributed by atoms with Gasteiger partial charge >= 0.3 is 0 Å². The molecule has 1 N–H and O–H groups in total. The topological polar surface area (TPSA) is 42.0 Å². The van der Waals surface area contributed by atoms with Gasteiger partial charge in [0.1, 0.15) is 10.3 Å². The Morgan fingerprint density at radius 2 is 1.50 bits per heavy atom. The summed E-state index contributed by atoms with van der Waals surface area (Å²) in [4.78, 5) is 15.5. The summed E-state index contributed by atoms with van der Waals surface area (Å²) in [6, 6.07) is 3.75. The molecule has 2 rings (SSSR count). The summed E-state index contributed by atoms with van der Waals surface area (Å²) < 4.78 is 38.8. The van der Waals surface area contributed by atoms with Crippen LogP contribution in [-0.4, -0.2) is 10.9 Å². The highest BCUT2D eigenvalue weighted by atomic mass is 35.5. The lowest BCUT2D eigenvalue weighted by atomic mass is 10.2. The maximum absolute atomic E-state index is 13.0. The van der Waals surface area contributed by atoms with Crippen LogP contribution in [0, 0.1) is 17.5 Å². The van der Waals surface area contributed by atoms with Crippen LogP contribution < -0.4 is 5.32 Å². The summed E-state index contributed by atoms with van der Waals surface area (Å²) in [6.45, 7) is 0. The van der Waals surface area contributed by atoms with Crippen molar-refractivity contribution in [2.24, 2.45) is 0 Å². The van der Waals surface area contributed by atoms with Gasteiger partial charge in [-0.2, -0.15) is 0 Å². The Kier molecular flexibility index (Phi) is 4.15. The molecule has 0 aliphatic rings. The Bertz CT molecular complexity index is 651. The minimum Gasteiger partial charge on any atom is -0.322 e. The highest BCUT2D eigenvalue weighted by Gasteiger charge is 2.14. The van der Waals surface area contributed by atoms with Crippen LogP contribution in [-0.2, 0) is 0 Å². The van der Waals surface area contributed by atoms with Gasteiger partial charge < -0.3 is 5.32 Å². The number of hydrogen-bond donors (Lipinski definition) is 1. The van der Waals surface area contributed by atoms with Gasteiger partial charge in [0.15, 0.2) is 17.5 Å². The largest absolute Gasteiger partial charge is 0.322 e. The Morgan fingerprint density at radius 1 is 1.00 bits per heavy atom. The third-order valence-electron chi connectivity index (χ3n) is 2.27. The van der Waals surface area contributed by atoms with Crippen LogP contribution in [0.4, 0.5) is 18.9 Å². The first-order chi connectivity index (χ1) is 9.36. The molecule has 0 radical (unpaired) electrons. The van der Waals surface area contributed by atoms with Gasteiger partial charge in [0, 0.05) is 23.4 Å². The fraction of sp³-hybridized carbons (Fsp3) is 0. The minimum atomic E-state index is -1.61. The predicted molar refractivity (Wildman–Crippen MR) is 68.5 cm³/mol. The zero-order valence-electron chi connectivity index (χ0n) is 9.55. The standard InChI is InChI=1S/C12H5Cl2F3N2O/c13-9-1-5(2-10(14)19-9)12(20)18-6-3-7(15)11(17)8(16)4-6/h1-4H,(H,18,20). The molecular formula is C12H5Cl2F3N2O. The molecule has 0 atom stereocenters. The Morgan fingerprint density at radius 3 is 2.00 bits per heavy atom. The van der Waals surface area contributed by atoms with Crippen LogP contribution in [0.15, 0.2) is 24.3 Å². The van der Waals surface area contributed by atoms with E-state index in [1.54, 1.807) is 0 Å². The van der Waals surface area contributed by atoms with E-state index in [2.05, 4.69) is 10.3 Å². The number of carbonyl (C=O) groups excluding carboxylic acids is 1. The summed E-state index contributed by atoms with van der Waals surface area (Å²) in [5.41, 5.74) is -0.199. The van der Waals surface area contributed by atoms with Gasteiger partial charge in [0.2, 0.25) is 0 Å². The van der Waals surface area contributed by atoms with E-state index in [-0.39, 0.29) is 21.6 Å². The van der Waals surface area contributed by atoms with Crippen molar-refractivity contribution in [1.82, 2.24) is 4.98 Å². The molecule has 0 aliphatic carbocycles. The van der Waals surface area contributed by atoms with Gasteiger partial charge in [-0.25, -0.2) is 18.2 Å². The number of amides is 1. The number of rotatable bonds is 2. The lowest BCUT2D eigenvalue weighted by Gasteiger charge is -2.07. The summed E-state index contributed by atoms with van der Waals surface area (Å²) in [6.07, 6.45) is 0. The number of pyridine rings is 1. The second-order valence-corrected chi connectivity index (χ2v) is 4.48. The quantitative estimate of drug-likeness (QED) is 0.669. The molecule has 20 heavy (non-hydrogen) atoms. The highest BCUT2D eigenvalue weighted by molar-refractivity contribution is 6.33. The van der Waals surface area contributed by atoms with Crippen molar-refractivity contribution in [2.45, 2.75) is 0 Å². The Balaban J connectivity index is 2.28. The second kappa shape index (κ2) is 5.68. The zero-order chi connectivity index (χ0) is 14.9. The molecular weight excluding hydrogens is 316 g/mol. The number of halogens is 5. The van der Waals surface area contributed by atoms with Crippen molar-refractivity contribution in [2.75, 3.05) is 5.32 Å². The van der Waals surface area contributed by atoms with E-state index < -0.39 is 23.4 Å². The molecule has 0 bridgehead atoms.